The van der Waals surface area contributed by atoms with Gasteiger partial charge in [0, 0.05) is 18.3 Å². The Morgan fingerprint density at radius 1 is 0.964 bits per heavy atom. The van der Waals surface area contributed by atoms with Crippen LogP contribution in [0.5, 0.6) is 0 Å². The zero-order chi connectivity index (χ0) is 20.2. The molecule has 28 heavy (non-hydrogen) atoms. The molecular weight excluding hydrogens is 422 g/mol. The molecule has 0 aliphatic rings. The van der Waals surface area contributed by atoms with E-state index in [4.69, 9.17) is 9.47 Å². The highest BCUT2D eigenvalue weighted by Crippen LogP contribution is 2.15. The standard InChI is InChI=1S/C22H26BrNO4/c1-2-27-21(25)20(16-18-10-5-3-6-11-18)24(15-9-14-23)22(26)28-17-19-12-7-4-8-13-19/h3-8,10-13,20H,2,9,14-17H2,1H3/t20-/m0/s1. The fourth-order valence-corrected chi connectivity index (χ4v) is 3.05. The number of carbonyl (C=O) groups is 2. The SMILES string of the molecule is CCOC(=O)[C@H](Cc1ccccc1)N(CCCBr)C(=O)OCc1ccccc1. The monoisotopic (exact) mass is 447 g/mol. The number of esters is 1. The molecular formula is C22H26BrNO4. The van der Waals surface area contributed by atoms with E-state index in [1.165, 1.54) is 4.90 Å². The molecule has 0 heterocycles. The maximum Gasteiger partial charge on any atom is 0.410 e. The van der Waals surface area contributed by atoms with Gasteiger partial charge in [0.05, 0.1) is 6.61 Å². The zero-order valence-corrected chi connectivity index (χ0v) is 17.6. The molecule has 0 radical (unpaired) electrons. The second-order valence-electron chi connectivity index (χ2n) is 6.23. The summed E-state index contributed by atoms with van der Waals surface area (Å²) in [6.45, 7) is 2.57. The average Bonchev–Trinajstić information content (AvgIpc) is 2.73. The molecule has 2 aromatic carbocycles. The number of nitrogens with zero attached hydrogens (tertiary/aromatic N) is 1. The van der Waals surface area contributed by atoms with E-state index in [2.05, 4.69) is 15.9 Å². The van der Waals surface area contributed by atoms with Crippen molar-refractivity contribution in [2.75, 3.05) is 18.5 Å². The van der Waals surface area contributed by atoms with Crippen molar-refractivity contribution in [2.24, 2.45) is 0 Å². The van der Waals surface area contributed by atoms with Gasteiger partial charge >= 0.3 is 12.1 Å². The van der Waals surface area contributed by atoms with E-state index < -0.39 is 18.1 Å². The van der Waals surface area contributed by atoms with E-state index in [-0.39, 0.29) is 13.2 Å². The minimum atomic E-state index is -0.732. The van der Waals surface area contributed by atoms with Crippen LogP contribution in [0.15, 0.2) is 60.7 Å². The third-order valence-corrected chi connectivity index (χ3v) is 4.74. The topological polar surface area (TPSA) is 55.8 Å². The van der Waals surface area contributed by atoms with Crippen LogP contribution in [-0.4, -0.2) is 41.5 Å². The largest absolute Gasteiger partial charge is 0.464 e. The van der Waals surface area contributed by atoms with Crippen LogP contribution in [0, 0.1) is 0 Å². The molecule has 6 heteroatoms. The van der Waals surface area contributed by atoms with Gasteiger partial charge in [0.1, 0.15) is 12.6 Å². The van der Waals surface area contributed by atoms with Gasteiger partial charge in [-0.2, -0.15) is 0 Å². The summed E-state index contributed by atoms with van der Waals surface area (Å²) in [5.74, 6) is -0.419. The molecule has 0 aliphatic carbocycles. The number of hydrogen-bond acceptors (Lipinski definition) is 4. The number of alkyl halides is 1. The molecule has 0 bridgehead atoms. The van der Waals surface area contributed by atoms with Crippen LogP contribution >= 0.6 is 15.9 Å². The van der Waals surface area contributed by atoms with Crippen molar-refractivity contribution in [3.8, 4) is 0 Å². The van der Waals surface area contributed by atoms with Gasteiger partial charge in [0.15, 0.2) is 0 Å². The normalized spacial score (nSPS) is 11.5. The van der Waals surface area contributed by atoms with Gasteiger partial charge in [-0.1, -0.05) is 76.6 Å². The number of halogens is 1. The minimum Gasteiger partial charge on any atom is -0.464 e. The number of benzene rings is 2. The fraction of sp³-hybridized carbons (Fsp3) is 0.364. The molecule has 0 saturated heterocycles. The number of hydrogen-bond donors (Lipinski definition) is 0. The molecule has 0 saturated carbocycles. The van der Waals surface area contributed by atoms with E-state index in [9.17, 15) is 9.59 Å². The van der Waals surface area contributed by atoms with Crippen molar-refractivity contribution in [1.29, 1.82) is 0 Å². The molecule has 0 N–H and O–H groups in total. The van der Waals surface area contributed by atoms with Crippen LogP contribution in [0.1, 0.15) is 24.5 Å². The van der Waals surface area contributed by atoms with Crippen LogP contribution in [-0.2, 0) is 27.3 Å². The molecule has 1 atom stereocenters. The highest BCUT2D eigenvalue weighted by Gasteiger charge is 2.32. The molecule has 150 valence electrons. The molecule has 5 nitrogen and oxygen atoms in total. The summed E-state index contributed by atoms with van der Waals surface area (Å²) in [5, 5.41) is 0.719. The van der Waals surface area contributed by atoms with Crippen LogP contribution in [0.2, 0.25) is 0 Å². The van der Waals surface area contributed by atoms with E-state index >= 15 is 0 Å². The van der Waals surface area contributed by atoms with Crippen molar-refractivity contribution >= 4 is 28.0 Å². The molecule has 0 spiro atoms. The number of rotatable bonds is 10. The second kappa shape index (κ2) is 12.2. The first kappa shape index (κ1) is 22.0. The van der Waals surface area contributed by atoms with Crippen LogP contribution < -0.4 is 0 Å². The summed E-state index contributed by atoms with van der Waals surface area (Å²) in [4.78, 5) is 27.0. The van der Waals surface area contributed by atoms with Crippen LogP contribution in [0.3, 0.4) is 0 Å². The predicted molar refractivity (Wildman–Crippen MR) is 112 cm³/mol. The molecule has 0 unspecified atom stereocenters. The third kappa shape index (κ3) is 7.00. The smallest absolute Gasteiger partial charge is 0.410 e. The van der Waals surface area contributed by atoms with Gasteiger partial charge < -0.3 is 9.47 Å². The Labute approximate surface area is 174 Å². The van der Waals surface area contributed by atoms with E-state index in [1.54, 1.807) is 6.92 Å². The molecule has 2 rings (SSSR count). The van der Waals surface area contributed by atoms with Gasteiger partial charge in [-0.25, -0.2) is 9.59 Å². The maximum absolute atomic E-state index is 12.8. The Hall–Kier alpha value is -2.34. The van der Waals surface area contributed by atoms with Crippen LogP contribution in [0.4, 0.5) is 4.79 Å². The van der Waals surface area contributed by atoms with Gasteiger partial charge in [-0.05, 0) is 24.5 Å². The van der Waals surface area contributed by atoms with Crippen molar-refractivity contribution < 1.29 is 19.1 Å². The Morgan fingerprint density at radius 2 is 1.57 bits per heavy atom. The summed E-state index contributed by atoms with van der Waals surface area (Å²) in [6.07, 6.45) is 0.562. The van der Waals surface area contributed by atoms with Gasteiger partial charge in [0.2, 0.25) is 0 Å². The highest BCUT2D eigenvalue weighted by atomic mass is 79.9. The number of amides is 1. The van der Waals surface area contributed by atoms with Crippen molar-refractivity contribution in [3.05, 3.63) is 71.8 Å². The Bertz CT molecular complexity index is 724. The van der Waals surface area contributed by atoms with E-state index in [1.807, 2.05) is 60.7 Å². The summed E-state index contributed by atoms with van der Waals surface area (Å²) < 4.78 is 10.7. The Kier molecular flexibility index (Phi) is 9.55. The summed E-state index contributed by atoms with van der Waals surface area (Å²) in [5.41, 5.74) is 1.85. The summed E-state index contributed by atoms with van der Waals surface area (Å²) in [7, 11) is 0. The summed E-state index contributed by atoms with van der Waals surface area (Å²) in [6, 6.07) is 18.3. The minimum absolute atomic E-state index is 0.158. The fourth-order valence-electron chi connectivity index (χ4n) is 2.80. The lowest BCUT2D eigenvalue weighted by atomic mass is 10.0. The van der Waals surface area contributed by atoms with Gasteiger partial charge in [0.25, 0.3) is 0 Å². The first-order valence-corrected chi connectivity index (χ1v) is 10.5. The molecule has 1 amide bonds. The molecule has 2 aromatic rings. The molecule has 0 fully saturated rings. The summed E-state index contributed by atoms with van der Waals surface area (Å²) >= 11 is 3.39. The predicted octanol–water partition coefficient (Wildman–Crippen LogP) is 4.58. The zero-order valence-electron chi connectivity index (χ0n) is 16.1. The average molecular weight is 448 g/mol. The quantitative estimate of drug-likeness (QED) is 0.394. The maximum atomic E-state index is 12.8. The third-order valence-electron chi connectivity index (χ3n) is 4.18. The van der Waals surface area contributed by atoms with Gasteiger partial charge in [-0.15, -0.1) is 0 Å². The molecule has 0 aliphatic heterocycles. The Balaban J connectivity index is 2.17. The Morgan fingerprint density at radius 3 is 2.14 bits per heavy atom. The first-order valence-electron chi connectivity index (χ1n) is 9.39. The highest BCUT2D eigenvalue weighted by molar-refractivity contribution is 9.09. The van der Waals surface area contributed by atoms with E-state index in [0.29, 0.717) is 19.4 Å². The number of carbonyl (C=O) groups excluding carboxylic acids is 2. The lowest BCUT2D eigenvalue weighted by Gasteiger charge is -2.29. The first-order chi connectivity index (χ1) is 13.7. The van der Waals surface area contributed by atoms with Crippen molar-refractivity contribution in [2.45, 2.75) is 32.4 Å². The lowest BCUT2D eigenvalue weighted by molar-refractivity contribution is -0.149. The van der Waals surface area contributed by atoms with E-state index in [0.717, 1.165) is 16.5 Å². The number of ether oxygens (including phenoxy) is 2. The lowest BCUT2D eigenvalue weighted by Crippen LogP contribution is -2.48. The second-order valence-corrected chi connectivity index (χ2v) is 7.03. The van der Waals surface area contributed by atoms with Crippen molar-refractivity contribution in [1.82, 2.24) is 4.90 Å². The van der Waals surface area contributed by atoms with Crippen LogP contribution in [0.25, 0.3) is 0 Å². The molecule has 0 aromatic heterocycles. The van der Waals surface area contributed by atoms with Crippen molar-refractivity contribution in [3.63, 3.8) is 0 Å². The van der Waals surface area contributed by atoms with Gasteiger partial charge in [-0.3, -0.25) is 4.90 Å².